The summed E-state index contributed by atoms with van der Waals surface area (Å²) in [6.45, 7) is 3.82. The number of allylic oxidation sites excluding steroid dienone is 2. The number of phenolic OH excluding ortho intramolecular Hbond substituents is 1. The summed E-state index contributed by atoms with van der Waals surface area (Å²) in [6, 6.07) is 23.5. The zero-order valence-electron chi connectivity index (χ0n) is 31.4. The third-order valence-corrected chi connectivity index (χ3v) is 14.6. The summed E-state index contributed by atoms with van der Waals surface area (Å²) in [5.74, 6) is -5.01. The monoisotopic (exact) mass is 811 g/mol. The fourth-order valence-corrected chi connectivity index (χ4v) is 11.6. The Morgan fingerprint density at radius 2 is 1.64 bits per heavy atom. The maximum atomic E-state index is 15.3. The number of halogens is 1. The van der Waals surface area contributed by atoms with Gasteiger partial charge in [0.25, 0.3) is 5.69 Å². The van der Waals surface area contributed by atoms with Crippen molar-refractivity contribution >= 4 is 84.6 Å². The number of hydrogen-bond acceptors (Lipinski definition) is 9. The highest BCUT2D eigenvalue weighted by Gasteiger charge is 2.68. The summed E-state index contributed by atoms with van der Waals surface area (Å²) in [7, 11) is 1.71. The minimum atomic E-state index is -1.33. The Labute approximate surface area is 340 Å². The lowest BCUT2D eigenvalue weighted by molar-refractivity contribution is -0.384. The molecule has 2 aromatic heterocycles. The van der Waals surface area contributed by atoms with Crippen molar-refractivity contribution in [1.29, 1.82) is 0 Å². The topological polar surface area (TPSA) is 156 Å². The normalized spacial score (nSPS) is 25.4. The van der Waals surface area contributed by atoms with Crippen molar-refractivity contribution in [1.82, 2.24) is 9.78 Å². The van der Waals surface area contributed by atoms with Crippen LogP contribution in [0.3, 0.4) is 0 Å². The Hall–Kier alpha value is -6.18. The van der Waals surface area contributed by atoms with E-state index in [0.29, 0.717) is 27.3 Å². The second-order valence-corrected chi connectivity index (χ2v) is 17.4. The molecule has 4 aromatic carbocycles. The van der Waals surface area contributed by atoms with Gasteiger partial charge in [-0.3, -0.25) is 38.9 Å². The minimum Gasteiger partial charge on any atom is -0.507 e. The van der Waals surface area contributed by atoms with E-state index in [2.05, 4.69) is 0 Å². The van der Waals surface area contributed by atoms with Crippen LogP contribution in [-0.4, -0.2) is 43.4 Å². The van der Waals surface area contributed by atoms with Crippen LogP contribution in [0.15, 0.2) is 96.6 Å². The second-order valence-electron chi connectivity index (χ2n) is 15.9. The predicted molar refractivity (Wildman–Crippen MR) is 220 cm³/mol. The molecule has 4 heterocycles. The summed E-state index contributed by atoms with van der Waals surface area (Å²) < 4.78 is 2.58. The number of aromatic nitrogens is 2. The van der Waals surface area contributed by atoms with Crippen molar-refractivity contribution in [3.63, 3.8) is 0 Å². The molecule has 1 saturated carbocycles. The van der Waals surface area contributed by atoms with Gasteiger partial charge in [-0.1, -0.05) is 53.6 Å². The first-order valence-corrected chi connectivity index (χ1v) is 20.1. The highest BCUT2D eigenvalue weighted by molar-refractivity contribution is 7.22. The number of hydrogen-bond donors (Lipinski definition) is 1. The van der Waals surface area contributed by atoms with Gasteiger partial charge in [-0.25, -0.2) is 4.90 Å². The van der Waals surface area contributed by atoms with Crippen LogP contribution < -0.4 is 9.80 Å². The van der Waals surface area contributed by atoms with Gasteiger partial charge in [0.15, 0.2) is 0 Å². The Balaban J connectivity index is 1.10. The minimum absolute atomic E-state index is 0.0677. The number of imide groups is 2. The maximum absolute atomic E-state index is 15.3. The van der Waals surface area contributed by atoms with Crippen LogP contribution in [0.4, 0.5) is 17.2 Å². The molecule has 0 bridgehead atoms. The zero-order chi connectivity index (χ0) is 40.5. The number of carbonyl (C=O) groups excluding carboxylic acids is 4. The molecular weight excluding hydrogens is 778 g/mol. The van der Waals surface area contributed by atoms with Crippen molar-refractivity contribution in [2.24, 2.45) is 36.1 Å². The van der Waals surface area contributed by atoms with Crippen molar-refractivity contribution in [2.45, 2.75) is 32.6 Å². The van der Waals surface area contributed by atoms with E-state index in [1.165, 1.54) is 29.2 Å². The Morgan fingerprint density at radius 3 is 2.38 bits per heavy atom. The summed E-state index contributed by atoms with van der Waals surface area (Å²) in [6.07, 6.45) is 2.35. The molecule has 3 fully saturated rings. The number of fused-ring (bicyclic) bond motifs is 6. The summed E-state index contributed by atoms with van der Waals surface area (Å²) >= 11 is 7.88. The van der Waals surface area contributed by atoms with E-state index in [4.69, 9.17) is 16.7 Å². The van der Waals surface area contributed by atoms with Gasteiger partial charge in [0.1, 0.15) is 17.3 Å². The van der Waals surface area contributed by atoms with Gasteiger partial charge < -0.3 is 5.11 Å². The number of anilines is 2. The number of nitrogens with zero attached hydrogens (tertiary/aromatic N) is 5. The van der Waals surface area contributed by atoms with Gasteiger partial charge in [-0.05, 0) is 90.9 Å². The summed E-state index contributed by atoms with van der Waals surface area (Å²) in [5.41, 5.74) is 1.86. The number of aryl methyl sites for hydroxylation is 2. The van der Waals surface area contributed by atoms with E-state index in [0.717, 1.165) is 36.6 Å². The Kier molecular flexibility index (Phi) is 7.90. The molecule has 6 aromatic rings. The molecule has 6 unspecified atom stereocenters. The molecule has 290 valence electrons. The van der Waals surface area contributed by atoms with Crippen molar-refractivity contribution in [3.8, 4) is 16.3 Å². The molecule has 58 heavy (non-hydrogen) atoms. The van der Waals surface area contributed by atoms with Crippen LogP contribution >= 0.6 is 22.9 Å². The number of phenols is 1. The lowest BCUT2D eigenvalue weighted by Crippen LogP contribution is -2.49. The fourth-order valence-electron chi connectivity index (χ4n) is 10.3. The number of nitro benzene ring substituents is 1. The average Bonchev–Trinajstić information content (AvgIpc) is 3.88. The third kappa shape index (κ3) is 4.89. The van der Waals surface area contributed by atoms with E-state index >= 15 is 9.59 Å². The lowest BCUT2D eigenvalue weighted by Gasteiger charge is -2.49. The first-order valence-electron chi connectivity index (χ1n) is 18.9. The number of rotatable bonds is 5. The standard InChI is InChI=1S/C44H34ClN5O7S/c1-21-30-18-22(45)8-17-35(30)58-39(21)33-20-36(47(3)46-33)49-41(53)32-19-31-28(38(44(32,2)43(49)55)27-15-16-34(51)26-7-5-4-6-25(26)27)13-14-29-37(31)42(54)48(40(29)52)23-9-11-24(12-10-23)50(56)57/h4-13,15-18,20,29,31-32,37-38,51H,14,19H2,1-3H3. The maximum Gasteiger partial charge on any atom is 0.269 e. The van der Waals surface area contributed by atoms with E-state index in [-0.39, 0.29) is 30.0 Å². The van der Waals surface area contributed by atoms with E-state index < -0.39 is 63.6 Å². The van der Waals surface area contributed by atoms with Gasteiger partial charge in [-0.15, -0.1) is 11.3 Å². The molecule has 10 rings (SSSR count). The molecule has 2 aliphatic heterocycles. The highest BCUT2D eigenvalue weighted by atomic mass is 35.5. The third-order valence-electron chi connectivity index (χ3n) is 13.1. The molecule has 2 aliphatic carbocycles. The van der Waals surface area contributed by atoms with E-state index in [1.54, 1.807) is 47.3 Å². The largest absolute Gasteiger partial charge is 0.507 e. The molecule has 14 heteroatoms. The number of benzene rings is 4. The van der Waals surface area contributed by atoms with Crippen molar-refractivity contribution in [3.05, 3.63) is 123 Å². The molecule has 4 aliphatic rings. The van der Waals surface area contributed by atoms with Crippen LogP contribution in [0, 0.1) is 46.1 Å². The molecule has 6 atom stereocenters. The average molecular weight is 812 g/mol. The number of amides is 4. The molecule has 0 radical (unpaired) electrons. The van der Waals surface area contributed by atoms with Crippen LogP contribution in [0.2, 0.25) is 5.02 Å². The van der Waals surface area contributed by atoms with Crippen molar-refractivity contribution < 1.29 is 29.2 Å². The number of aromatic hydroxyl groups is 1. The molecular formula is C44H34ClN5O7S. The van der Waals surface area contributed by atoms with Gasteiger partial charge in [0.05, 0.1) is 38.7 Å². The lowest BCUT2D eigenvalue weighted by atomic mass is 9.51. The zero-order valence-corrected chi connectivity index (χ0v) is 33.0. The van der Waals surface area contributed by atoms with E-state index in [1.807, 2.05) is 56.3 Å². The van der Waals surface area contributed by atoms with Crippen LogP contribution in [0.1, 0.15) is 36.8 Å². The number of non-ortho nitro benzene ring substituents is 1. The molecule has 0 spiro atoms. The number of carbonyl (C=O) groups is 4. The van der Waals surface area contributed by atoms with Gasteiger partial charge >= 0.3 is 0 Å². The number of nitro groups is 1. The Morgan fingerprint density at radius 1 is 0.897 bits per heavy atom. The summed E-state index contributed by atoms with van der Waals surface area (Å²) in [5, 5.41) is 30.0. The van der Waals surface area contributed by atoms with Gasteiger partial charge in [0.2, 0.25) is 23.6 Å². The van der Waals surface area contributed by atoms with E-state index in [9.17, 15) is 24.8 Å². The molecule has 4 amide bonds. The highest BCUT2D eigenvalue weighted by Crippen LogP contribution is 2.64. The van der Waals surface area contributed by atoms with Crippen LogP contribution in [0.5, 0.6) is 5.75 Å². The Bertz CT molecular complexity index is 2880. The first-order chi connectivity index (χ1) is 27.8. The second kappa shape index (κ2) is 12.7. The number of thiophene rings is 1. The fraction of sp³-hybridized carbons (Fsp3) is 0.250. The van der Waals surface area contributed by atoms with Crippen LogP contribution in [-0.2, 0) is 26.2 Å². The van der Waals surface area contributed by atoms with Crippen molar-refractivity contribution in [2.75, 3.05) is 9.80 Å². The first kappa shape index (κ1) is 36.2. The van der Waals surface area contributed by atoms with Gasteiger partial charge in [-0.2, -0.15) is 5.10 Å². The predicted octanol–water partition coefficient (Wildman–Crippen LogP) is 8.47. The van der Waals surface area contributed by atoms with Gasteiger partial charge in [0, 0.05) is 46.3 Å². The molecule has 1 N–H and O–H groups in total. The SMILES string of the molecule is Cc1c(-c2cc(N3C(=O)C4CC5C(=CCC6C(=O)N(c7ccc([N+](=O)[O-])cc7)C(=O)C65)C(c5ccc(O)c6ccccc56)C4(C)C3=O)n(C)n2)sc2ccc(Cl)cc12. The summed E-state index contributed by atoms with van der Waals surface area (Å²) in [4.78, 5) is 73.1. The molecule has 2 saturated heterocycles. The quantitative estimate of drug-likeness (QED) is 0.0787. The smallest absolute Gasteiger partial charge is 0.269 e. The molecule has 12 nitrogen and oxygen atoms in total. The van der Waals surface area contributed by atoms with Crippen LogP contribution in [0.25, 0.3) is 31.4 Å².